The molecule has 0 amide bonds. The number of esters is 1. The molecule has 0 fully saturated rings. The standard InChI is InChI=1S/C20H20N6O3/c1-28-10-8-22-19-18(16-6-4-9-25(16)14-5-3-7-21-11-14)24-17-12-23-15(13-26(17)19)20(27)29-2/h3-7,9,11-13,22H,8,10H2,1-2H3. The number of hydrogen-bond acceptors (Lipinski definition) is 7. The molecule has 4 aromatic heterocycles. The van der Waals surface area contributed by atoms with Crippen LogP contribution >= 0.6 is 0 Å². The second kappa shape index (κ2) is 8.11. The Labute approximate surface area is 167 Å². The molecule has 0 atom stereocenters. The zero-order chi connectivity index (χ0) is 20.2. The van der Waals surface area contributed by atoms with Crippen molar-refractivity contribution in [2.24, 2.45) is 0 Å². The highest BCUT2D eigenvalue weighted by Gasteiger charge is 2.19. The highest BCUT2D eigenvalue weighted by atomic mass is 16.5. The van der Waals surface area contributed by atoms with E-state index in [2.05, 4.69) is 15.3 Å². The van der Waals surface area contributed by atoms with E-state index in [4.69, 9.17) is 14.5 Å². The minimum Gasteiger partial charge on any atom is -0.464 e. The van der Waals surface area contributed by atoms with Crippen molar-refractivity contribution in [1.29, 1.82) is 0 Å². The minimum atomic E-state index is -0.510. The molecule has 0 aliphatic rings. The van der Waals surface area contributed by atoms with Gasteiger partial charge in [0.25, 0.3) is 0 Å². The Hall–Kier alpha value is -3.72. The normalized spacial score (nSPS) is 11.0. The molecule has 9 heteroatoms. The van der Waals surface area contributed by atoms with Gasteiger partial charge in [-0.25, -0.2) is 14.8 Å². The lowest BCUT2D eigenvalue weighted by atomic mass is 10.3. The molecule has 0 aliphatic heterocycles. The van der Waals surface area contributed by atoms with Crippen LogP contribution in [-0.4, -0.2) is 57.3 Å². The molecule has 9 nitrogen and oxygen atoms in total. The number of aromatic nitrogens is 5. The molecule has 4 aromatic rings. The van der Waals surface area contributed by atoms with Crippen LogP contribution in [0.3, 0.4) is 0 Å². The van der Waals surface area contributed by atoms with Gasteiger partial charge in [-0.1, -0.05) is 0 Å². The van der Waals surface area contributed by atoms with Crippen LogP contribution in [0, 0.1) is 0 Å². The van der Waals surface area contributed by atoms with Crippen molar-refractivity contribution >= 4 is 17.4 Å². The summed E-state index contributed by atoms with van der Waals surface area (Å²) in [4.78, 5) is 25.0. The summed E-state index contributed by atoms with van der Waals surface area (Å²) >= 11 is 0. The number of hydrogen-bond donors (Lipinski definition) is 1. The second-order valence-corrected chi connectivity index (χ2v) is 6.20. The fourth-order valence-corrected chi connectivity index (χ4v) is 3.08. The number of rotatable bonds is 7. The van der Waals surface area contributed by atoms with Crippen LogP contribution in [0.2, 0.25) is 0 Å². The zero-order valence-corrected chi connectivity index (χ0v) is 16.1. The Morgan fingerprint density at radius 2 is 2.10 bits per heavy atom. The molecule has 4 rings (SSSR count). The summed E-state index contributed by atoms with van der Waals surface area (Å²) in [6.45, 7) is 1.09. The third kappa shape index (κ3) is 3.55. The smallest absolute Gasteiger partial charge is 0.358 e. The molecule has 0 aliphatic carbocycles. The van der Waals surface area contributed by atoms with Gasteiger partial charge in [0.05, 0.1) is 37.5 Å². The van der Waals surface area contributed by atoms with E-state index in [1.165, 1.54) is 7.11 Å². The first-order valence-corrected chi connectivity index (χ1v) is 9.00. The summed E-state index contributed by atoms with van der Waals surface area (Å²) in [7, 11) is 2.97. The average Bonchev–Trinajstić information content (AvgIpc) is 3.38. The number of imidazole rings is 1. The molecule has 0 saturated carbocycles. The summed E-state index contributed by atoms with van der Waals surface area (Å²) in [5.41, 5.74) is 3.31. The molecule has 0 radical (unpaired) electrons. The Morgan fingerprint density at radius 1 is 1.21 bits per heavy atom. The molecule has 0 spiro atoms. The first-order chi connectivity index (χ1) is 14.2. The van der Waals surface area contributed by atoms with Crippen molar-refractivity contribution in [1.82, 2.24) is 23.9 Å². The van der Waals surface area contributed by atoms with Crippen molar-refractivity contribution < 1.29 is 14.3 Å². The van der Waals surface area contributed by atoms with Crippen molar-refractivity contribution in [2.45, 2.75) is 0 Å². The SMILES string of the molecule is COCCNc1c(-c2cccn2-c2cccnc2)nc2cnc(C(=O)OC)cn12. The van der Waals surface area contributed by atoms with E-state index in [9.17, 15) is 4.79 Å². The minimum absolute atomic E-state index is 0.196. The van der Waals surface area contributed by atoms with Crippen molar-refractivity contribution in [3.05, 3.63) is 60.9 Å². The Balaban J connectivity index is 1.87. The number of methoxy groups -OCH3 is 2. The molecule has 0 bridgehead atoms. The Bertz CT molecular complexity index is 1140. The van der Waals surface area contributed by atoms with Gasteiger partial charge >= 0.3 is 5.97 Å². The van der Waals surface area contributed by atoms with Crippen LogP contribution in [0.4, 0.5) is 5.82 Å². The maximum Gasteiger partial charge on any atom is 0.358 e. The molecular weight excluding hydrogens is 372 g/mol. The quantitative estimate of drug-likeness (QED) is 0.381. The van der Waals surface area contributed by atoms with Crippen LogP contribution in [0.25, 0.3) is 22.7 Å². The molecule has 4 heterocycles. The molecule has 0 saturated heterocycles. The van der Waals surface area contributed by atoms with Crippen molar-refractivity contribution in [3.63, 3.8) is 0 Å². The monoisotopic (exact) mass is 392 g/mol. The number of carbonyl (C=O) groups excluding carboxylic acids is 1. The van der Waals surface area contributed by atoms with Gasteiger partial charge in [0.2, 0.25) is 0 Å². The third-order valence-corrected chi connectivity index (χ3v) is 4.42. The average molecular weight is 392 g/mol. The van der Waals surface area contributed by atoms with Crippen LogP contribution in [0.15, 0.2) is 55.2 Å². The van der Waals surface area contributed by atoms with Crippen LogP contribution < -0.4 is 5.32 Å². The van der Waals surface area contributed by atoms with Crippen molar-refractivity contribution in [2.75, 3.05) is 32.7 Å². The number of anilines is 1. The lowest BCUT2D eigenvalue weighted by Crippen LogP contribution is -2.11. The van der Waals surface area contributed by atoms with Gasteiger partial charge in [0.1, 0.15) is 11.5 Å². The topological polar surface area (TPSA) is 95.6 Å². The van der Waals surface area contributed by atoms with Crippen molar-refractivity contribution in [3.8, 4) is 17.1 Å². The summed E-state index contributed by atoms with van der Waals surface area (Å²) in [6, 6.07) is 7.78. The van der Waals surface area contributed by atoms with Gasteiger partial charge in [-0.3, -0.25) is 9.38 Å². The second-order valence-electron chi connectivity index (χ2n) is 6.20. The third-order valence-electron chi connectivity index (χ3n) is 4.42. The summed E-state index contributed by atoms with van der Waals surface area (Å²) in [5.74, 6) is 0.220. The van der Waals surface area contributed by atoms with Gasteiger partial charge < -0.3 is 19.4 Å². The van der Waals surface area contributed by atoms with Gasteiger partial charge in [-0.15, -0.1) is 0 Å². The predicted octanol–water partition coefficient (Wildman–Crippen LogP) is 2.43. The van der Waals surface area contributed by atoms with Gasteiger partial charge in [-0.05, 0) is 24.3 Å². The Morgan fingerprint density at radius 3 is 2.86 bits per heavy atom. The van der Waals surface area contributed by atoms with Crippen LogP contribution in [0.1, 0.15) is 10.5 Å². The van der Waals surface area contributed by atoms with Gasteiger partial charge in [0.15, 0.2) is 11.3 Å². The lowest BCUT2D eigenvalue weighted by molar-refractivity contribution is 0.0593. The Kier molecular flexibility index (Phi) is 5.21. The number of fused-ring (bicyclic) bond motifs is 1. The maximum absolute atomic E-state index is 11.9. The first kappa shape index (κ1) is 18.6. The fourth-order valence-electron chi connectivity index (χ4n) is 3.08. The summed E-state index contributed by atoms with van der Waals surface area (Å²) in [5, 5.41) is 3.35. The van der Waals surface area contributed by atoms with E-state index < -0.39 is 5.97 Å². The van der Waals surface area contributed by atoms with E-state index >= 15 is 0 Å². The molecule has 1 N–H and O–H groups in total. The molecule has 148 valence electrons. The van der Waals surface area contributed by atoms with E-state index in [1.807, 2.05) is 35.0 Å². The predicted molar refractivity (Wildman–Crippen MR) is 107 cm³/mol. The van der Waals surface area contributed by atoms with Crippen LogP contribution in [0.5, 0.6) is 0 Å². The number of pyridine rings is 1. The fraction of sp³-hybridized carbons (Fsp3) is 0.200. The van der Waals surface area contributed by atoms with E-state index in [1.54, 1.807) is 36.3 Å². The van der Waals surface area contributed by atoms with Crippen LogP contribution in [-0.2, 0) is 9.47 Å². The van der Waals surface area contributed by atoms with E-state index in [0.717, 1.165) is 22.9 Å². The van der Waals surface area contributed by atoms with Gasteiger partial charge in [0, 0.05) is 32.2 Å². The molecule has 0 unspecified atom stereocenters. The lowest BCUT2D eigenvalue weighted by Gasteiger charge is -2.11. The molecule has 29 heavy (non-hydrogen) atoms. The first-order valence-electron chi connectivity index (χ1n) is 9.00. The number of carbonyl (C=O) groups is 1. The number of ether oxygens (including phenoxy) is 2. The largest absolute Gasteiger partial charge is 0.464 e. The molecule has 0 aromatic carbocycles. The number of nitrogens with zero attached hydrogens (tertiary/aromatic N) is 5. The summed E-state index contributed by atoms with van der Waals surface area (Å²) in [6.07, 6.45) is 8.63. The van der Waals surface area contributed by atoms with E-state index in [0.29, 0.717) is 18.8 Å². The highest BCUT2D eigenvalue weighted by molar-refractivity contribution is 5.87. The maximum atomic E-state index is 11.9. The summed E-state index contributed by atoms with van der Waals surface area (Å²) < 4.78 is 13.8. The van der Waals surface area contributed by atoms with E-state index in [-0.39, 0.29) is 5.69 Å². The van der Waals surface area contributed by atoms with Gasteiger partial charge in [-0.2, -0.15) is 0 Å². The number of nitrogens with one attached hydrogen (secondary N) is 1. The highest BCUT2D eigenvalue weighted by Crippen LogP contribution is 2.31. The molecular formula is C20H20N6O3. The zero-order valence-electron chi connectivity index (χ0n) is 16.1.